The van der Waals surface area contributed by atoms with Crippen LogP contribution in [0.15, 0.2) is 46.9 Å². The number of nitrogens with one attached hydrogen (secondary N) is 1. The van der Waals surface area contributed by atoms with Gasteiger partial charge in [0, 0.05) is 11.8 Å². The number of anilines is 1. The molecule has 92 valence electrons. The van der Waals surface area contributed by atoms with Crippen LogP contribution in [0.4, 0.5) is 5.69 Å². The van der Waals surface area contributed by atoms with Crippen molar-refractivity contribution in [3.05, 3.63) is 59.6 Å². The number of amides is 1. The zero-order chi connectivity index (χ0) is 13.0. The van der Waals surface area contributed by atoms with Crippen molar-refractivity contribution in [2.24, 2.45) is 0 Å². The minimum absolute atomic E-state index is 0.172. The average Bonchev–Trinajstić information content (AvgIpc) is 2.73. The molecule has 2 rings (SSSR count). The highest BCUT2D eigenvalue weighted by molar-refractivity contribution is 6.01. The number of hydrogen-bond acceptors (Lipinski definition) is 2. The molecule has 0 radical (unpaired) electrons. The summed E-state index contributed by atoms with van der Waals surface area (Å²) >= 11 is 0. The first-order valence-corrected chi connectivity index (χ1v) is 5.76. The van der Waals surface area contributed by atoms with Crippen molar-refractivity contribution in [3.8, 4) is 0 Å². The van der Waals surface area contributed by atoms with E-state index in [1.807, 2.05) is 50.2 Å². The standard InChI is InChI=1S/C15H15NO2/c1-11-4-3-5-13(10-11)16-15(17)9-8-14-7-6-12(2)18-14/h3-10H,1-2H3,(H,16,17)/b9-8+. The molecule has 1 aromatic heterocycles. The third-order valence-corrected chi connectivity index (χ3v) is 2.45. The third kappa shape index (κ3) is 3.35. The van der Waals surface area contributed by atoms with Gasteiger partial charge in [-0.15, -0.1) is 0 Å². The number of aryl methyl sites for hydroxylation is 2. The maximum absolute atomic E-state index is 11.7. The highest BCUT2D eigenvalue weighted by Crippen LogP contribution is 2.11. The molecule has 0 saturated heterocycles. The van der Waals surface area contributed by atoms with Crippen LogP contribution in [0, 0.1) is 13.8 Å². The molecule has 0 fully saturated rings. The SMILES string of the molecule is Cc1cccc(NC(=O)/C=C/c2ccc(C)o2)c1. The quantitative estimate of drug-likeness (QED) is 0.835. The summed E-state index contributed by atoms with van der Waals surface area (Å²) in [5, 5.41) is 2.79. The molecule has 0 unspecified atom stereocenters. The van der Waals surface area contributed by atoms with E-state index in [0.29, 0.717) is 5.76 Å². The Morgan fingerprint density at radius 1 is 1.22 bits per heavy atom. The number of benzene rings is 1. The van der Waals surface area contributed by atoms with Gasteiger partial charge in [0.2, 0.25) is 5.91 Å². The lowest BCUT2D eigenvalue weighted by atomic mass is 10.2. The predicted molar refractivity (Wildman–Crippen MR) is 72.3 cm³/mol. The van der Waals surface area contributed by atoms with Crippen LogP contribution in [0.25, 0.3) is 6.08 Å². The van der Waals surface area contributed by atoms with Crippen LogP contribution in [0.3, 0.4) is 0 Å². The average molecular weight is 241 g/mol. The number of rotatable bonds is 3. The summed E-state index contributed by atoms with van der Waals surface area (Å²) in [7, 11) is 0. The van der Waals surface area contributed by atoms with E-state index < -0.39 is 0 Å². The van der Waals surface area contributed by atoms with Gasteiger partial charge in [-0.2, -0.15) is 0 Å². The molecule has 0 aliphatic heterocycles. The van der Waals surface area contributed by atoms with E-state index in [0.717, 1.165) is 17.0 Å². The lowest BCUT2D eigenvalue weighted by molar-refractivity contribution is -0.111. The molecular formula is C15H15NO2. The van der Waals surface area contributed by atoms with Crippen LogP contribution in [-0.4, -0.2) is 5.91 Å². The molecule has 18 heavy (non-hydrogen) atoms. The van der Waals surface area contributed by atoms with E-state index in [9.17, 15) is 4.79 Å². The zero-order valence-electron chi connectivity index (χ0n) is 10.4. The normalized spacial score (nSPS) is 10.8. The van der Waals surface area contributed by atoms with Gasteiger partial charge >= 0.3 is 0 Å². The zero-order valence-corrected chi connectivity index (χ0v) is 10.4. The third-order valence-electron chi connectivity index (χ3n) is 2.45. The number of carbonyl (C=O) groups excluding carboxylic acids is 1. The first kappa shape index (κ1) is 12.2. The second-order valence-corrected chi connectivity index (χ2v) is 4.14. The maximum Gasteiger partial charge on any atom is 0.248 e. The van der Waals surface area contributed by atoms with Gasteiger partial charge in [0.25, 0.3) is 0 Å². The van der Waals surface area contributed by atoms with E-state index in [1.54, 1.807) is 6.08 Å². The van der Waals surface area contributed by atoms with Crippen molar-refractivity contribution < 1.29 is 9.21 Å². The van der Waals surface area contributed by atoms with Gasteiger partial charge in [0.1, 0.15) is 11.5 Å². The van der Waals surface area contributed by atoms with E-state index >= 15 is 0 Å². The molecule has 2 aromatic rings. The fraction of sp³-hybridized carbons (Fsp3) is 0.133. The summed E-state index contributed by atoms with van der Waals surface area (Å²) in [4.78, 5) is 11.7. The number of hydrogen-bond donors (Lipinski definition) is 1. The largest absolute Gasteiger partial charge is 0.462 e. The Morgan fingerprint density at radius 2 is 2.06 bits per heavy atom. The van der Waals surface area contributed by atoms with Crippen LogP contribution in [0.1, 0.15) is 17.1 Å². The number of furan rings is 1. The van der Waals surface area contributed by atoms with Crippen molar-refractivity contribution in [2.75, 3.05) is 5.32 Å². The Labute approximate surface area is 106 Å². The molecule has 1 N–H and O–H groups in total. The minimum Gasteiger partial charge on any atom is -0.462 e. The second-order valence-electron chi connectivity index (χ2n) is 4.14. The molecule has 0 aliphatic rings. The molecule has 3 heteroatoms. The fourth-order valence-corrected chi connectivity index (χ4v) is 1.61. The summed E-state index contributed by atoms with van der Waals surface area (Å²) in [6, 6.07) is 11.4. The minimum atomic E-state index is -0.172. The molecule has 1 aromatic carbocycles. The Morgan fingerprint density at radius 3 is 2.72 bits per heavy atom. The lowest BCUT2D eigenvalue weighted by Gasteiger charge is -2.02. The maximum atomic E-state index is 11.7. The highest BCUT2D eigenvalue weighted by Gasteiger charge is 1.99. The molecule has 0 aliphatic carbocycles. The Balaban J connectivity index is 1.98. The van der Waals surface area contributed by atoms with Crippen molar-refractivity contribution in [2.45, 2.75) is 13.8 Å². The van der Waals surface area contributed by atoms with E-state index in [4.69, 9.17) is 4.42 Å². The fourth-order valence-electron chi connectivity index (χ4n) is 1.61. The van der Waals surface area contributed by atoms with Gasteiger partial charge in [-0.1, -0.05) is 12.1 Å². The van der Waals surface area contributed by atoms with Gasteiger partial charge in [0.15, 0.2) is 0 Å². The van der Waals surface area contributed by atoms with Gasteiger partial charge < -0.3 is 9.73 Å². The van der Waals surface area contributed by atoms with Gasteiger partial charge in [-0.3, -0.25) is 4.79 Å². The van der Waals surface area contributed by atoms with E-state index in [-0.39, 0.29) is 5.91 Å². The Kier molecular flexibility index (Phi) is 3.63. The van der Waals surface area contributed by atoms with Crippen LogP contribution in [0.5, 0.6) is 0 Å². The van der Waals surface area contributed by atoms with Crippen molar-refractivity contribution in [1.29, 1.82) is 0 Å². The van der Waals surface area contributed by atoms with Crippen molar-refractivity contribution in [3.63, 3.8) is 0 Å². The van der Waals surface area contributed by atoms with Gasteiger partial charge in [0.05, 0.1) is 0 Å². The summed E-state index contributed by atoms with van der Waals surface area (Å²) in [5.74, 6) is 1.33. The molecule has 1 amide bonds. The Hall–Kier alpha value is -2.29. The molecule has 0 bridgehead atoms. The molecule has 0 saturated carbocycles. The topological polar surface area (TPSA) is 42.2 Å². The smallest absolute Gasteiger partial charge is 0.248 e. The number of carbonyl (C=O) groups is 1. The molecule has 1 heterocycles. The molecular weight excluding hydrogens is 226 g/mol. The van der Waals surface area contributed by atoms with Gasteiger partial charge in [-0.05, 0) is 49.8 Å². The van der Waals surface area contributed by atoms with Crippen LogP contribution in [0.2, 0.25) is 0 Å². The summed E-state index contributed by atoms with van der Waals surface area (Å²) in [6.07, 6.45) is 3.11. The first-order valence-electron chi connectivity index (χ1n) is 5.76. The van der Waals surface area contributed by atoms with E-state index in [1.165, 1.54) is 6.08 Å². The first-order chi connectivity index (χ1) is 8.63. The molecule has 0 atom stereocenters. The van der Waals surface area contributed by atoms with Gasteiger partial charge in [-0.25, -0.2) is 0 Å². The monoisotopic (exact) mass is 241 g/mol. The summed E-state index contributed by atoms with van der Waals surface area (Å²) in [5.41, 5.74) is 1.90. The van der Waals surface area contributed by atoms with Crippen LogP contribution >= 0.6 is 0 Å². The predicted octanol–water partition coefficient (Wildman–Crippen LogP) is 3.55. The van der Waals surface area contributed by atoms with E-state index in [2.05, 4.69) is 5.32 Å². The summed E-state index contributed by atoms with van der Waals surface area (Å²) < 4.78 is 5.34. The molecule has 0 spiro atoms. The van der Waals surface area contributed by atoms with Crippen LogP contribution in [-0.2, 0) is 4.79 Å². The molecule has 3 nitrogen and oxygen atoms in total. The lowest BCUT2D eigenvalue weighted by Crippen LogP contribution is -2.07. The Bertz CT molecular complexity index is 582. The second kappa shape index (κ2) is 5.36. The highest BCUT2D eigenvalue weighted by atomic mass is 16.3. The van der Waals surface area contributed by atoms with Crippen LogP contribution < -0.4 is 5.32 Å². The van der Waals surface area contributed by atoms with Crippen molar-refractivity contribution >= 4 is 17.7 Å². The summed E-state index contributed by atoms with van der Waals surface area (Å²) in [6.45, 7) is 3.85. The van der Waals surface area contributed by atoms with Crippen molar-refractivity contribution in [1.82, 2.24) is 0 Å².